The Bertz CT molecular complexity index is 755. The lowest BCUT2D eigenvalue weighted by molar-refractivity contribution is 0.216. The highest BCUT2D eigenvalue weighted by Gasteiger charge is 2.14. The summed E-state index contributed by atoms with van der Waals surface area (Å²) in [6.07, 6.45) is 1.57. The van der Waals surface area contributed by atoms with Crippen LogP contribution in [0.4, 0.5) is 0 Å². The van der Waals surface area contributed by atoms with Gasteiger partial charge in [-0.1, -0.05) is 46.3 Å². The number of fused-ring (bicyclic) bond motifs is 1. The average molecular weight is 343 g/mol. The second-order valence-electron chi connectivity index (χ2n) is 4.73. The van der Waals surface area contributed by atoms with Crippen molar-refractivity contribution < 1.29 is 4.74 Å². The van der Waals surface area contributed by atoms with E-state index in [9.17, 15) is 0 Å². The van der Waals surface area contributed by atoms with Gasteiger partial charge in [-0.05, 0) is 29.8 Å². The van der Waals surface area contributed by atoms with Gasteiger partial charge in [0.05, 0.1) is 0 Å². The van der Waals surface area contributed by atoms with E-state index in [2.05, 4.69) is 20.9 Å². The summed E-state index contributed by atoms with van der Waals surface area (Å²) in [5.74, 6) is 0.753. The molecular weight excluding hydrogens is 328 g/mol. The van der Waals surface area contributed by atoms with Crippen LogP contribution in [0.3, 0.4) is 0 Å². The van der Waals surface area contributed by atoms with Crippen molar-refractivity contribution in [2.45, 2.75) is 6.10 Å². The van der Waals surface area contributed by atoms with E-state index in [4.69, 9.17) is 10.5 Å². The largest absolute Gasteiger partial charge is 0.482 e. The van der Waals surface area contributed by atoms with Crippen molar-refractivity contribution in [3.8, 4) is 5.75 Å². The molecule has 0 radical (unpaired) electrons. The van der Waals surface area contributed by atoms with Crippen LogP contribution in [0.5, 0.6) is 5.75 Å². The predicted molar refractivity (Wildman–Crippen MR) is 88.3 cm³/mol. The minimum absolute atomic E-state index is 0.199. The van der Waals surface area contributed by atoms with Crippen LogP contribution in [0.2, 0.25) is 0 Å². The number of para-hydroxylation sites is 1. The molecule has 106 valence electrons. The molecule has 2 aromatic carbocycles. The Hall–Kier alpha value is -1.91. The number of halogens is 1. The van der Waals surface area contributed by atoms with E-state index in [1.54, 1.807) is 6.20 Å². The van der Waals surface area contributed by atoms with Crippen LogP contribution >= 0.6 is 15.9 Å². The highest BCUT2D eigenvalue weighted by atomic mass is 79.9. The molecule has 4 heteroatoms. The Kier molecular flexibility index (Phi) is 4.18. The van der Waals surface area contributed by atoms with E-state index < -0.39 is 0 Å². The zero-order valence-electron chi connectivity index (χ0n) is 11.4. The highest BCUT2D eigenvalue weighted by molar-refractivity contribution is 9.10. The van der Waals surface area contributed by atoms with Gasteiger partial charge in [0.25, 0.3) is 0 Å². The highest BCUT2D eigenvalue weighted by Crippen LogP contribution is 2.28. The van der Waals surface area contributed by atoms with Crippen molar-refractivity contribution in [2.75, 3.05) is 6.54 Å². The van der Waals surface area contributed by atoms with Crippen LogP contribution in [0.25, 0.3) is 10.9 Å². The van der Waals surface area contributed by atoms with E-state index >= 15 is 0 Å². The van der Waals surface area contributed by atoms with Crippen molar-refractivity contribution in [1.82, 2.24) is 4.98 Å². The lowest BCUT2D eigenvalue weighted by Crippen LogP contribution is -2.18. The molecule has 0 bridgehead atoms. The number of nitrogens with two attached hydrogens (primary N) is 1. The zero-order valence-corrected chi connectivity index (χ0v) is 13.0. The van der Waals surface area contributed by atoms with E-state index in [1.807, 2.05) is 54.6 Å². The molecule has 3 aromatic rings. The quantitative estimate of drug-likeness (QED) is 0.777. The third-order valence-electron chi connectivity index (χ3n) is 3.30. The third-order valence-corrected chi connectivity index (χ3v) is 3.79. The van der Waals surface area contributed by atoms with Gasteiger partial charge >= 0.3 is 0 Å². The molecule has 0 amide bonds. The number of rotatable bonds is 4. The normalized spacial score (nSPS) is 12.3. The molecule has 3 nitrogen and oxygen atoms in total. The summed E-state index contributed by atoms with van der Waals surface area (Å²) in [7, 11) is 0. The third kappa shape index (κ3) is 3.06. The first-order valence-corrected chi connectivity index (χ1v) is 7.53. The van der Waals surface area contributed by atoms with Gasteiger partial charge in [0, 0.05) is 22.6 Å². The van der Waals surface area contributed by atoms with Crippen molar-refractivity contribution in [3.05, 3.63) is 70.8 Å². The number of nitrogens with zero attached hydrogens (tertiary/aromatic N) is 1. The van der Waals surface area contributed by atoms with Crippen LogP contribution in [-0.2, 0) is 0 Å². The fourth-order valence-corrected chi connectivity index (χ4v) is 2.70. The summed E-state index contributed by atoms with van der Waals surface area (Å²) in [5, 5.41) is 1.06. The number of ether oxygens (including phenoxy) is 1. The summed E-state index contributed by atoms with van der Waals surface area (Å²) in [4.78, 5) is 4.40. The smallest absolute Gasteiger partial charge is 0.146 e. The van der Waals surface area contributed by atoms with E-state index in [0.717, 1.165) is 26.7 Å². The second-order valence-corrected chi connectivity index (χ2v) is 5.64. The Morgan fingerprint density at radius 1 is 1.10 bits per heavy atom. The van der Waals surface area contributed by atoms with E-state index in [1.165, 1.54) is 0 Å². The molecule has 0 aliphatic carbocycles. The summed E-state index contributed by atoms with van der Waals surface area (Å²) in [6.45, 7) is 0.402. The van der Waals surface area contributed by atoms with Crippen LogP contribution in [0.15, 0.2) is 65.3 Å². The maximum Gasteiger partial charge on any atom is 0.146 e. The average Bonchev–Trinajstić information content (AvgIpc) is 2.52. The molecule has 3 rings (SSSR count). The number of pyridine rings is 1. The molecule has 0 aliphatic heterocycles. The molecule has 0 saturated heterocycles. The molecule has 1 unspecified atom stereocenters. The molecule has 1 heterocycles. The maximum atomic E-state index is 6.11. The van der Waals surface area contributed by atoms with Crippen molar-refractivity contribution in [1.29, 1.82) is 0 Å². The van der Waals surface area contributed by atoms with Crippen molar-refractivity contribution in [3.63, 3.8) is 0 Å². The van der Waals surface area contributed by atoms with E-state index in [-0.39, 0.29) is 6.10 Å². The first kappa shape index (κ1) is 14.0. The first-order valence-electron chi connectivity index (χ1n) is 6.74. The summed E-state index contributed by atoms with van der Waals surface area (Å²) < 4.78 is 7.12. The molecule has 0 fully saturated rings. The van der Waals surface area contributed by atoms with Gasteiger partial charge in [0.1, 0.15) is 17.4 Å². The van der Waals surface area contributed by atoms with Crippen LogP contribution in [0.1, 0.15) is 11.7 Å². The van der Waals surface area contributed by atoms with Crippen LogP contribution in [0, 0.1) is 0 Å². The van der Waals surface area contributed by atoms with Gasteiger partial charge in [0.15, 0.2) is 0 Å². The minimum atomic E-state index is -0.199. The van der Waals surface area contributed by atoms with Gasteiger partial charge in [-0.25, -0.2) is 0 Å². The number of benzene rings is 2. The Labute approximate surface area is 131 Å². The Morgan fingerprint density at radius 2 is 1.90 bits per heavy atom. The summed E-state index contributed by atoms with van der Waals surface area (Å²) in [6, 6.07) is 17.8. The molecule has 1 atom stereocenters. The topological polar surface area (TPSA) is 48.1 Å². The number of hydrogen-bond donors (Lipinski definition) is 1. The van der Waals surface area contributed by atoms with Crippen LogP contribution in [-0.4, -0.2) is 11.5 Å². The number of hydrogen-bond acceptors (Lipinski definition) is 3. The molecule has 21 heavy (non-hydrogen) atoms. The summed E-state index contributed by atoms with van der Waals surface area (Å²) >= 11 is 3.48. The first-order chi connectivity index (χ1) is 10.3. The molecule has 0 aliphatic rings. The van der Waals surface area contributed by atoms with Gasteiger partial charge in [0.2, 0.25) is 0 Å². The maximum absolute atomic E-state index is 6.11. The predicted octanol–water partition coefficient (Wildman–Crippen LogP) is 4.08. The van der Waals surface area contributed by atoms with Crippen molar-refractivity contribution >= 4 is 26.8 Å². The lowest BCUT2D eigenvalue weighted by Gasteiger charge is -2.19. The second kappa shape index (κ2) is 6.24. The van der Waals surface area contributed by atoms with Crippen LogP contribution < -0.4 is 10.5 Å². The fourth-order valence-electron chi connectivity index (χ4n) is 2.28. The Morgan fingerprint density at radius 3 is 2.71 bits per heavy atom. The molecular formula is C17H15BrN2O. The van der Waals surface area contributed by atoms with Gasteiger partial charge in [-0.3, -0.25) is 4.98 Å². The lowest BCUT2D eigenvalue weighted by atomic mass is 10.1. The molecule has 0 saturated carbocycles. The number of aromatic nitrogens is 1. The molecule has 0 spiro atoms. The van der Waals surface area contributed by atoms with Gasteiger partial charge in [-0.15, -0.1) is 0 Å². The molecule has 2 N–H and O–H groups in total. The Balaban J connectivity index is 1.96. The zero-order chi connectivity index (χ0) is 14.7. The monoisotopic (exact) mass is 342 g/mol. The summed E-state index contributed by atoms with van der Waals surface area (Å²) in [5.41, 5.74) is 7.78. The van der Waals surface area contributed by atoms with Gasteiger partial charge < -0.3 is 10.5 Å². The SMILES string of the molecule is NCC(Oc1cccc2cccnc12)c1cccc(Br)c1. The molecule has 1 aromatic heterocycles. The van der Waals surface area contributed by atoms with Crippen molar-refractivity contribution in [2.24, 2.45) is 5.73 Å². The minimum Gasteiger partial charge on any atom is -0.482 e. The standard InChI is InChI=1S/C17H15BrN2O/c18-14-7-1-5-13(10-14)16(11-19)21-15-8-2-4-12-6-3-9-20-17(12)15/h1-10,16H,11,19H2. The fraction of sp³-hybridized carbons (Fsp3) is 0.118. The van der Waals surface area contributed by atoms with Gasteiger partial charge in [-0.2, -0.15) is 0 Å². The van der Waals surface area contributed by atoms with E-state index in [0.29, 0.717) is 6.54 Å².